The third-order valence-electron chi connectivity index (χ3n) is 4.40. The van der Waals surface area contributed by atoms with Crippen molar-refractivity contribution in [1.29, 1.82) is 0 Å². The maximum Gasteiger partial charge on any atom is 0.248 e. The molecule has 0 saturated heterocycles. The first-order chi connectivity index (χ1) is 9.94. The van der Waals surface area contributed by atoms with Crippen LogP contribution in [0, 0.1) is 0 Å². The zero-order valence-electron chi connectivity index (χ0n) is 13.5. The molecule has 1 atom stereocenters. The highest BCUT2D eigenvalue weighted by molar-refractivity contribution is 5.80. The largest absolute Gasteiger partial charge is 0.372 e. The molecule has 1 aliphatic rings. The molecule has 21 heavy (non-hydrogen) atoms. The van der Waals surface area contributed by atoms with Crippen LogP contribution in [0.15, 0.2) is 24.3 Å². The van der Waals surface area contributed by atoms with Crippen molar-refractivity contribution in [3.05, 3.63) is 35.4 Å². The van der Waals surface area contributed by atoms with Gasteiger partial charge in [0.2, 0.25) is 5.91 Å². The molecule has 4 heteroatoms. The lowest BCUT2D eigenvalue weighted by Crippen LogP contribution is -2.54. The Bertz CT molecular complexity index is 499. The molecule has 0 saturated carbocycles. The monoisotopic (exact) mass is 290 g/mol. The summed E-state index contributed by atoms with van der Waals surface area (Å²) in [6, 6.07) is 8.61. The second-order valence-electron chi connectivity index (χ2n) is 6.35. The van der Waals surface area contributed by atoms with Gasteiger partial charge in [0.25, 0.3) is 0 Å². The molecule has 1 aromatic rings. The molecule has 116 valence electrons. The van der Waals surface area contributed by atoms with Crippen LogP contribution in [0.4, 0.5) is 0 Å². The zero-order chi connectivity index (χ0) is 15.5. The number of nitrogens with one attached hydrogen (secondary N) is 1. The van der Waals surface area contributed by atoms with Gasteiger partial charge in [0.1, 0.15) is 6.10 Å². The summed E-state index contributed by atoms with van der Waals surface area (Å²) in [7, 11) is 1.55. The number of rotatable bonds is 5. The number of hydrogen-bond acceptors (Lipinski definition) is 3. The molecule has 0 aromatic heterocycles. The van der Waals surface area contributed by atoms with Crippen molar-refractivity contribution >= 4 is 5.91 Å². The van der Waals surface area contributed by atoms with Crippen LogP contribution in [0.25, 0.3) is 0 Å². The molecular formula is C17H26N2O2. The number of fused-ring (bicyclic) bond motifs is 1. The van der Waals surface area contributed by atoms with E-state index in [-0.39, 0.29) is 11.4 Å². The Morgan fingerprint density at radius 3 is 2.71 bits per heavy atom. The van der Waals surface area contributed by atoms with Crippen LogP contribution in [0.2, 0.25) is 0 Å². The minimum Gasteiger partial charge on any atom is -0.372 e. The second-order valence-corrected chi connectivity index (χ2v) is 6.35. The number of ether oxygens (including phenoxy) is 1. The fourth-order valence-corrected chi connectivity index (χ4v) is 2.68. The summed E-state index contributed by atoms with van der Waals surface area (Å²) in [6.07, 6.45) is 0.671. The van der Waals surface area contributed by atoms with Gasteiger partial charge in [-0.05, 0) is 38.3 Å². The third kappa shape index (κ3) is 3.83. The molecule has 0 fully saturated rings. The molecule has 4 nitrogen and oxygen atoms in total. The Labute approximate surface area is 127 Å². The van der Waals surface area contributed by atoms with Gasteiger partial charge >= 0.3 is 0 Å². The lowest BCUT2D eigenvalue weighted by Gasteiger charge is -2.41. The molecule has 1 amide bonds. The summed E-state index contributed by atoms with van der Waals surface area (Å²) in [4.78, 5) is 14.3. The average molecular weight is 290 g/mol. The molecule has 1 unspecified atom stereocenters. The van der Waals surface area contributed by atoms with Crippen LogP contribution in [0.3, 0.4) is 0 Å². The number of methoxy groups -OCH3 is 1. The molecular weight excluding hydrogens is 264 g/mol. The van der Waals surface area contributed by atoms with E-state index >= 15 is 0 Å². The third-order valence-corrected chi connectivity index (χ3v) is 4.40. The number of nitrogens with zero attached hydrogens (tertiary/aromatic N) is 1. The Kier molecular flexibility index (Phi) is 5.01. The van der Waals surface area contributed by atoms with Crippen LogP contribution in [0.5, 0.6) is 0 Å². The first kappa shape index (κ1) is 16.0. The van der Waals surface area contributed by atoms with Crippen molar-refractivity contribution in [2.75, 3.05) is 20.2 Å². The van der Waals surface area contributed by atoms with Crippen LogP contribution >= 0.6 is 0 Å². The summed E-state index contributed by atoms with van der Waals surface area (Å²) in [5.74, 6) is -0.0528. The SMILES string of the molecule is COC(C)C(=O)NCC(C)(C)N1CCc2ccccc2C1. The summed E-state index contributed by atoms with van der Waals surface area (Å²) >= 11 is 0. The van der Waals surface area contributed by atoms with Gasteiger partial charge in [-0.2, -0.15) is 0 Å². The maximum absolute atomic E-state index is 11.8. The molecule has 0 aliphatic carbocycles. The van der Waals surface area contributed by atoms with Gasteiger partial charge in [0, 0.05) is 32.3 Å². The van der Waals surface area contributed by atoms with E-state index in [0.717, 1.165) is 19.5 Å². The van der Waals surface area contributed by atoms with Gasteiger partial charge < -0.3 is 10.1 Å². The van der Waals surface area contributed by atoms with Crippen molar-refractivity contribution < 1.29 is 9.53 Å². The minimum atomic E-state index is -0.400. The Balaban J connectivity index is 1.96. The van der Waals surface area contributed by atoms with Crippen LogP contribution < -0.4 is 5.32 Å². The summed E-state index contributed by atoms with van der Waals surface area (Å²) in [5.41, 5.74) is 2.77. The summed E-state index contributed by atoms with van der Waals surface area (Å²) in [5, 5.41) is 2.99. The number of hydrogen-bond donors (Lipinski definition) is 1. The maximum atomic E-state index is 11.8. The lowest BCUT2D eigenvalue weighted by molar-refractivity contribution is -0.130. The fraction of sp³-hybridized carbons (Fsp3) is 0.588. The molecule has 0 bridgehead atoms. The van der Waals surface area contributed by atoms with Crippen molar-refractivity contribution in [3.8, 4) is 0 Å². The second kappa shape index (κ2) is 6.58. The van der Waals surface area contributed by atoms with Gasteiger partial charge in [0.15, 0.2) is 0 Å². The summed E-state index contributed by atoms with van der Waals surface area (Å²) in [6.45, 7) is 8.72. The predicted octanol–water partition coefficient (Wildman–Crippen LogP) is 1.97. The van der Waals surface area contributed by atoms with Crippen molar-refractivity contribution in [1.82, 2.24) is 10.2 Å². The highest BCUT2D eigenvalue weighted by Crippen LogP contribution is 2.24. The minimum absolute atomic E-state index is 0.0528. The Morgan fingerprint density at radius 1 is 1.38 bits per heavy atom. The molecule has 0 spiro atoms. The molecule has 0 radical (unpaired) electrons. The van der Waals surface area contributed by atoms with E-state index in [0.29, 0.717) is 6.54 Å². The quantitative estimate of drug-likeness (QED) is 0.901. The number of carbonyl (C=O) groups excluding carboxylic acids is 1. The van der Waals surface area contributed by atoms with Gasteiger partial charge in [-0.25, -0.2) is 0 Å². The lowest BCUT2D eigenvalue weighted by atomic mass is 9.94. The van der Waals surface area contributed by atoms with E-state index in [1.807, 2.05) is 0 Å². The van der Waals surface area contributed by atoms with E-state index in [4.69, 9.17) is 4.74 Å². The van der Waals surface area contributed by atoms with Gasteiger partial charge in [-0.1, -0.05) is 24.3 Å². The smallest absolute Gasteiger partial charge is 0.248 e. The number of carbonyl (C=O) groups is 1. The molecule has 1 aliphatic heterocycles. The van der Waals surface area contributed by atoms with E-state index in [1.165, 1.54) is 11.1 Å². The fourth-order valence-electron chi connectivity index (χ4n) is 2.68. The highest BCUT2D eigenvalue weighted by Gasteiger charge is 2.30. The number of benzene rings is 1. The first-order valence-electron chi connectivity index (χ1n) is 7.56. The Morgan fingerprint density at radius 2 is 2.05 bits per heavy atom. The Hall–Kier alpha value is -1.39. The van der Waals surface area contributed by atoms with Crippen molar-refractivity contribution in [2.45, 2.75) is 45.4 Å². The predicted molar refractivity (Wildman–Crippen MR) is 84.1 cm³/mol. The van der Waals surface area contributed by atoms with E-state index in [9.17, 15) is 4.79 Å². The normalized spacial score (nSPS) is 17.1. The first-order valence-corrected chi connectivity index (χ1v) is 7.56. The van der Waals surface area contributed by atoms with Gasteiger partial charge in [-0.15, -0.1) is 0 Å². The van der Waals surface area contributed by atoms with Gasteiger partial charge in [-0.3, -0.25) is 9.69 Å². The van der Waals surface area contributed by atoms with Gasteiger partial charge in [0.05, 0.1) is 0 Å². The number of amides is 1. The summed E-state index contributed by atoms with van der Waals surface area (Å²) < 4.78 is 5.04. The van der Waals surface area contributed by atoms with E-state index in [2.05, 4.69) is 48.3 Å². The van der Waals surface area contributed by atoms with Crippen LogP contribution in [-0.4, -0.2) is 42.6 Å². The van der Waals surface area contributed by atoms with Crippen LogP contribution in [-0.2, 0) is 22.5 Å². The zero-order valence-corrected chi connectivity index (χ0v) is 13.5. The topological polar surface area (TPSA) is 41.6 Å². The van der Waals surface area contributed by atoms with Crippen molar-refractivity contribution in [2.24, 2.45) is 0 Å². The molecule has 1 aromatic carbocycles. The molecule has 1 N–H and O–H groups in total. The van der Waals surface area contributed by atoms with Crippen molar-refractivity contribution in [3.63, 3.8) is 0 Å². The van der Waals surface area contributed by atoms with E-state index in [1.54, 1.807) is 14.0 Å². The van der Waals surface area contributed by atoms with E-state index < -0.39 is 6.10 Å². The average Bonchev–Trinajstić information content (AvgIpc) is 2.51. The molecule has 1 heterocycles. The standard InChI is InChI=1S/C17H26N2O2/c1-13(21-4)16(20)18-12-17(2,3)19-10-9-14-7-5-6-8-15(14)11-19/h5-8,13H,9-12H2,1-4H3,(H,18,20). The van der Waals surface area contributed by atoms with Crippen LogP contribution in [0.1, 0.15) is 31.9 Å². The molecule has 2 rings (SSSR count). The highest BCUT2D eigenvalue weighted by atomic mass is 16.5.